The van der Waals surface area contributed by atoms with Gasteiger partial charge >= 0.3 is 12.2 Å². The van der Waals surface area contributed by atoms with E-state index in [-0.39, 0.29) is 5.96 Å². The predicted molar refractivity (Wildman–Crippen MR) is 92.2 cm³/mol. The van der Waals surface area contributed by atoms with Crippen molar-refractivity contribution in [3.63, 3.8) is 0 Å². The van der Waals surface area contributed by atoms with Gasteiger partial charge in [-0.3, -0.25) is 10.6 Å². The van der Waals surface area contributed by atoms with E-state index in [4.69, 9.17) is 9.47 Å². The molecule has 1 rings (SSSR count). The molecule has 0 aliphatic carbocycles. The summed E-state index contributed by atoms with van der Waals surface area (Å²) in [6.07, 6.45) is -1.60. The van der Waals surface area contributed by atoms with Crippen molar-refractivity contribution < 1.29 is 23.5 Å². The summed E-state index contributed by atoms with van der Waals surface area (Å²) >= 11 is 0. The predicted octanol–water partition coefficient (Wildman–Crippen LogP) is 3.86. The fourth-order valence-corrected chi connectivity index (χ4v) is 1.53. The molecule has 1 aromatic carbocycles. The van der Waals surface area contributed by atoms with Crippen LogP contribution in [0.1, 0.15) is 41.5 Å². The van der Waals surface area contributed by atoms with Crippen LogP contribution in [0.15, 0.2) is 29.3 Å². The molecule has 0 saturated carbocycles. The topological polar surface area (TPSA) is 89.0 Å². The number of guanidine groups is 1. The van der Waals surface area contributed by atoms with Crippen molar-refractivity contribution in [2.24, 2.45) is 4.99 Å². The summed E-state index contributed by atoms with van der Waals surface area (Å²) in [6, 6.07) is 5.20. The lowest BCUT2D eigenvalue weighted by Gasteiger charge is -2.22. The van der Waals surface area contributed by atoms with E-state index in [0.29, 0.717) is 5.69 Å². The number of alkyl carbamates (subject to hydrolysis) is 2. The van der Waals surface area contributed by atoms with E-state index >= 15 is 0 Å². The van der Waals surface area contributed by atoms with Gasteiger partial charge in [0.15, 0.2) is 0 Å². The second kappa shape index (κ2) is 7.96. The summed E-state index contributed by atoms with van der Waals surface area (Å²) in [4.78, 5) is 27.9. The minimum absolute atomic E-state index is 0.199. The smallest absolute Gasteiger partial charge is 0.414 e. The van der Waals surface area contributed by atoms with Gasteiger partial charge < -0.3 is 9.47 Å². The van der Waals surface area contributed by atoms with Crippen molar-refractivity contribution in [1.82, 2.24) is 10.6 Å². The molecule has 25 heavy (non-hydrogen) atoms. The molecule has 0 saturated heterocycles. The molecule has 0 aliphatic rings. The van der Waals surface area contributed by atoms with Gasteiger partial charge in [-0.25, -0.2) is 19.0 Å². The largest absolute Gasteiger partial charge is 0.444 e. The Labute approximate surface area is 146 Å². The maximum Gasteiger partial charge on any atom is 0.414 e. The summed E-state index contributed by atoms with van der Waals surface area (Å²) in [5.41, 5.74) is -1.13. The van der Waals surface area contributed by atoms with Crippen LogP contribution in [-0.4, -0.2) is 29.3 Å². The minimum atomic E-state index is -0.801. The molecule has 0 radical (unpaired) electrons. The SMILES string of the molecule is CC(C)(C)OC(=O)NC(=Nc1ccc(F)cc1)NC(=O)OC(C)(C)C. The molecule has 1 aromatic rings. The van der Waals surface area contributed by atoms with Crippen molar-refractivity contribution in [2.75, 3.05) is 0 Å². The van der Waals surface area contributed by atoms with E-state index in [2.05, 4.69) is 15.6 Å². The van der Waals surface area contributed by atoms with Gasteiger partial charge in [0.2, 0.25) is 5.96 Å². The number of halogens is 1. The Bertz CT molecular complexity index is 611. The first-order valence-electron chi connectivity index (χ1n) is 7.68. The molecule has 0 fully saturated rings. The number of carbonyl (C=O) groups is 2. The number of aliphatic imine (C=N–C) groups is 1. The highest BCUT2D eigenvalue weighted by molar-refractivity contribution is 6.02. The first kappa shape index (κ1) is 20.4. The molecule has 0 aromatic heterocycles. The fourth-order valence-electron chi connectivity index (χ4n) is 1.53. The maximum absolute atomic E-state index is 13.0. The first-order valence-corrected chi connectivity index (χ1v) is 7.68. The van der Waals surface area contributed by atoms with Gasteiger partial charge in [0.1, 0.15) is 17.0 Å². The van der Waals surface area contributed by atoms with Crippen LogP contribution in [-0.2, 0) is 9.47 Å². The standard InChI is InChI=1S/C17H24FN3O4/c1-16(2,3)24-14(22)20-13(21-15(23)25-17(4,5)6)19-12-9-7-11(18)8-10-12/h7-10H,1-6H3,(H2,19,20,21,22,23). The van der Waals surface area contributed by atoms with Crippen LogP contribution in [0.3, 0.4) is 0 Å². The number of nitrogens with zero attached hydrogens (tertiary/aromatic N) is 1. The molecule has 0 atom stereocenters. The van der Waals surface area contributed by atoms with Crippen molar-refractivity contribution in [2.45, 2.75) is 52.7 Å². The highest BCUT2D eigenvalue weighted by Gasteiger charge is 2.21. The molecule has 0 aliphatic heterocycles. The summed E-state index contributed by atoms with van der Waals surface area (Å²) in [7, 11) is 0. The molecule has 138 valence electrons. The lowest BCUT2D eigenvalue weighted by molar-refractivity contribution is 0.0545. The van der Waals surface area contributed by atoms with Gasteiger partial charge in [0.25, 0.3) is 0 Å². The monoisotopic (exact) mass is 353 g/mol. The van der Waals surface area contributed by atoms with Crippen molar-refractivity contribution >= 4 is 23.8 Å². The Morgan fingerprint density at radius 2 is 1.28 bits per heavy atom. The zero-order valence-corrected chi connectivity index (χ0v) is 15.3. The zero-order valence-electron chi connectivity index (χ0n) is 15.3. The number of rotatable bonds is 1. The summed E-state index contributed by atoms with van der Waals surface area (Å²) in [6.45, 7) is 10.2. The maximum atomic E-state index is 13.0. The van der Waals surface area contributed by atoms with E-state index in [1.807, 2.05) is 0 Å². The van der Waals surface area contributed by atoms with E-state index in [9.17, 15) is 14.0 Å². The lowest BCUT2D eigenvalue weighted by Crippen LogP contribution is -2.47. The van der Waals surface area contributed by atoms with E-state index in [0.717, 1.165) is 0 Å². The molecular formula is C17H24FN3O4. The van der Waals surface area contributed by atoms with Gasteiger partial charge in [-0.1, -0.05) is 0 Å². The average Bonchev–Trinajstić information content (AvgIpc) is 2.36. The van der Waals surface area contributed by atoms with E-state index < -0.39 is 29.2 Å². The zero-order chi connectivity index (χ0) is 19.3. The lowest BCUT2D eigenvalue weighted by atomic mass is 10.2. The van der Waals surface area contributed by atoms with Crippen LogP contribution >= 0.6 is 0 Å². The fraction of sp³-hybridized carbons (Fsp3) is 0.471. The van der Waals surface area contributed by atoms with Gasteiger partial charge in [-0.2, -0.15) is 0 Å². The molecule has 2 amide bonds. The molecule has 0 bridgehead atoms. The quantitative estimate of drug-likeness (QED) is 0.592. The molecule has 0 heterocycles. The number of hydrogen-bond acceptors (Lipinski definition) is 5. The third-order valence-electron chi connectivity index (χ3n) is 2.31. The Balaban J connectivity index is 2.95. The molecular weight excluding hydrogens is 329 g/mol. The molecule has 2 N–H and O–H groups in total. The first-order chi connectivity index (χ1) is 11.3. The van der Waals surface area contributed by atoms with Crippen LogP contribution in [0.2, 0.25) is 0 Å². The van der Waals surface area contributed by atoms with Gasteiger partial charge in [0, 0.05) is 0 Å². The highest BCUT2D eigenvalue weighted by atomic mass is 19.1. The van der Waals surface area contributed by atoms with Crippen LogP contribution in [0.4, 0.5) is 19.7 Å². The number of amides is 2. The van der Waals surface area contributed by atoms with Gasteiger partial charge in [-0.05, 0) is 65.8 Å². The highest BCUT2D eigenvalue weighted by Crippen LogP contribution is 2.13. The van der Waals surface area contributed by atoms with E-state index in [1.165, 1.54) is 24.3 Å². The van der Waals surface area contributed by atoms with Crippen LogP contribution in [0.5, 0.6) is 0 Å². The Morgan fingerprint density at radius 1 is 0.880 bits per heavy atom. The van der Waals surface area contributed by atoms with Gasteiger partial charge in [0.05, 0.1) is 5.69 Å². The normalized spacial score (nSPS) is 11.3. The van der Waals surface area contributed by atoms with Crippen molar-refractivity contribution in [3.8, 4) is 0 Å². The molecule has 0 spiro atoms. The van der Waals surface area contributed by atoms with Crippen LogP contribution in [0.25, 0.3) is 0 Å². The number of hydrogen-bond donors (Lipinski definition) is 2. The summed E-state index contributed by atoms with van der Waals surface area (Å²) < 4.78 is 23.2. The molecule has 0 unspecified atom stereocenters. The molecule has 8 heteroatoms. The number of carbonyl (C=O) groups excluding carboxylic acids is 2. The second-order valence-electron chi connectivity index (χ2n) is 7.19. The van der Waals surface area contributed by atoms with Crippen molar-refractivity contribution in [1.29, 1.82) is 0 Å². The second-order valence-corrected chi connectivity index (χ2v) is 7.19. The Morgan fingerprint density at radius 3 is 1.64 bits per heavy atom. The molecule has 7 nitrogen and oxygen atoms in total. The summed E-state index contributed by atoms with van der Waals surface area (Å²) in [5, 5.41) is 4.67. The third-order valence-corrected chi connectivity index (χ3v) is 2.31. The Hall–Kier alpha value is -2.64. The Kier molecular flexibility index (Phi) is 6.49. The number of ether oxygens (including phenoxy) is 2. The average molecular weight is 353 g/mol. The summed E-state index contributed by atoms with van der Waals surface area (Å²) in [5.74, 6) is -0.629. The van der Waals surface area contributed by atoms with Gasteiger partial charge in [-0.15, -0.1) is 0 Å². The minimum Gasteiger partial charge on any atom is -0.444 e. The third kappa shape index (κ3) is 9.29. The number of benzene rings is 1. The van der Waals surface area contributed by atoms with E-state index in [1.54, 1.807) is 41.5 Å². The van der Waals surface area contributed by atoms with Crippen molar-refractivity contribution in [3.05, 3.63) is 30.1 Å². The number of nitrogens with one attached hydrogen (secondary N) is 2. The van der Waals surface area contributed by atoms with Crippen LogP contribution < -0.4 is 10.6 Å². The van der Waals surface area contributed by atoms with Crippen LogP contribution in [0, 0.1) is 5.82 Å².